The van der Waals surface area contributed by atoms with E-state index in [1.54, 1.807) is 7.05 Å². The number of guanidine groups is 1. The van der Waals surface area contributed by atoms with Crippen molar-refractivity contribution in [1.82, 2.24) is 15.2 Å². The van der Waals surface area contributed by atoms with Gasteiger partial charge in [0.25, 0.3) is 0 Å². The zero-order valence-electron chi connectivity index (χ0n) is 14.3. The molecule has 0 amide bonds. The Hall–Kier alpha value is -0.960. The molecule has 2 rings (SSSR count). The first kappa shape index (κ1) is 22.1. The van der Waals surface area contributed by atoms with Gasteiger partial charge in [0.05, 0.1) is 24.8 Å². The average molecular weight is 497 g/mol. The van der Waals surface area contributed by atoms with Crippen LogP contribution in [0.5, 0.6) is 0 Å². The Labute approximate surface area is 175 Å². The van der Waals surface area contributed by atoms with Crippen molar-refractivity contribution >= 4 is 53.1 Å². The van der Waals surface area contributed by atoms with Gasteiger partial charge in [-0.2, -0.15) is 0 Å². The smallest absolute Gasteiger partial charge is 0.191 e. The molecule has 0 aliphatic heterocycles. The second-order valence-corrected chi connectivity index (χ2v) is 5.99. The van der Waals surface area contributed by atoms with E-state index in [-0.39, 0.29) is 24.0 Å². The summed E-state index contributed by atoms with van der Waals surface area (Å²) in [5, 5.41) is 7.51. The van der Waals surface area contributed by atoms with Crippen LogP contribution < -0.4 is 10.6 Å². The molecule has 0 saturated carbocycles. The lowest BCUT2D eigenvalue weighted by molar-refractivity contribution is 0.125. The Kier molecular flexibility index (Phi) is 10.3. The molecular formula is C17H23Cl2IN4O. The van der Waals surface area contributed by atoms with Gasteiger partial charge in [0.2, 0.25) is 0 Å². The number of nitrogens with one attached hydrogen (secondary N) is 2. The van der Waals surface area contributed by atoms with E-state index in [0.29, 0.717) is 42.4 Å². The van der Waals surface area contributed by atoms with Crippen LogP contribution in [0.4, 0.5) is 0 Å². The molecule has 1 aromatic carbocycles. The Balaban J connectivity index is 0.00000312. The number of hydrogen-bond acceptors (Lipinski definition) is 2. The normalized spacial score (nSPS) is 11.1. The van der Waals surface area contributed by atoms with E-state index in [1.165, 1.54) is 0 Å². The second kappa shape index (κ2) is 11.6. The SMILES string of the molecule is CN=C(NCCOCc1ccccc1)NCc1cc(Cl)c(Cl)n1C.I. The highest BCUT2D eigenvalue weighted by molar-refractivity contribution is 14.0. The van der Waals surface area contributed by atoms with Crippen LogP contribution in [0.3, 0.4) is 0 Å². The van der Waals surface area contributed by atoms with E-state index >= 15 is 0 Å². The Bertz CT molecular complexity index is 677. The van der Waals surface area contributed by atoms with Crippen LogP contribution in [0.2, 0.25) is 10.2 Å². The average Bonchev–Trinajstić information content (AvgIpc) is 2.85. The fraction of sp³-hybridized carbons (Fsp3) is 0.353. The van der Waals surface area contributed by atoms with Crippen LogP contribution in [-0.2, 0) is 24.9 Å². The summed E-state index contributed by atoms with van der Waals surface area (Å²) in [6.45, 7) is 2.45. The molecule has 2 aromatic rings. The second-order valence-electron chi connectivity index (χ2n) is 5.22. The molecule has 0 aliphatic rings. The minimum Gasteiger partial charge on any atom is -0.375 e. The number of nitrogens with zero attached hydrogens (tertiary/aromatic N) is 2. The Morgan fingerprint density at radius 2 is 1.92 bits per heavy atom. The summed E-state index contributed by atoms with van der Waals surface area (Å²) < 4.78 is 7.47. The van der Waals surface area contributed by atoms with Gasteiger partial charge in [-0.25, -0.2) is 0 Å². The highest BCUT2D eigenvalue weighted by Gasteiger charge is 2.09. The van der Waals surface area contributed by atoms with Crippen molar-refractivity contribution in [2.24, 2.45) is 12.0 Å². The number of benzene rings is 1. The maximum absolute atomic E-state index is 6.06. The number of halogens is 3. The summed E-state index contributed by atoms with van der Waals surface area (Å²) in [5.74, 6) is 0.701. The molecule has 0 aliphatic carbocycles. The molecule has 5 nitrogen and oxygen atoms in total. The molecule has 138 valence electrons. The van der Waals surface area contributed by atoms with Crippen molar-refractivity contribution in [3.63, 3.8) is 0 Å². The first-order valence-electron chi connectivity index (χ1n) is 7.67. The Morgan fingerprint density at radius 1 is 1.20 bits per heavy atom. The first-order valence-corrected chi connectivity index (χ1v) is 8.43. The van der Waals surface area contributed by atoms with E-state index in [2.05, 4.69) is 15.6 Å². The fourth-order valence-corrected chi connectivity index (χ4v) is 2.58. The third-order valence-corrected chi connectivity index (χ3v) is 4.37. The molecule has 0 atom stereocenters. The maximum atomic E-state index is 6.06. The van der Waals surface area contributed by atoms with Crippen LogP contribution in [0.25, 0.3) is 0 Å². The number of aliphatic imine (C=N–C) groups is 1. The van der Waals surface area contributed by atoms with Gasteiger partial charge >= 0.3 is 0 Å². The monoisotopic (exact) mass is 496 g/mol. The highest BCUT2D eigenvalue weighted by atomic mass is 127. The summed E-state index contributed by atoms with van der Waals surface area (Å²) in [6, 6.07) is 11.9. The quantitative estimate of drug-likeness (QED) is 0.265. The molecule has 0 saturated heterocycles. The summed E-state index contributed by atoms with van der Waals surface area (Å²) in [7, 11) is 3.60. The largest absolute Gasteiger partial charge is 0.375 e. The standard InChI is InChI=1S/C17H22Cl2N4O.HI/c1-20-17(22-11-14-10-15(18)16(19)23(14)2)21-8-9-24-12-13-6-4-3-5-7-13;/h3-7,10H,8-9,11-12H2,1-2H3,(H2,20,21,22);1H. The van der Waals surface area contributed by atoms with Crippen molar-refractivity contribution in [3.05, 3.63) is 57.8 Å². The lowest BCUT2D eigenvalue weighted by atomic mass is 10.2. The summed E-state index contributed by atoms with van der Waals surface area (Å²) in [4.78, 5) is 4.18. The number of ether oxygens (including phenoxy) is 1. The Morgan fingerprint density at radius 3 is 2.52 bits per heavy atom. The predicted octanol–water partition coefficient (Wildman–Crippen LogP) is 3.83. The molecule has 0 radical (unpaired) electrons. The van der Waals surface area contributed by atoms with Crippen molar-refractivity contribution in [2.45, 2.75) is 13.2 Å². The van der Waals surface area contributed by atoms with Crippen molar-refractivity contribution in [1.29, 1.82) is 0 Å². The minimum atomic E-state index is 0. The molecule has 0 bridgehead atoms. The molecule has 1 aromatic heterocycles. The van der Waals surface area contributed by atoms with Crippen LogP contribution in [0.1, 0.15) is 11.3 Å². The third kappa shape index (κ3) is 7.05. The molecule has 25 heavy (non-hydrogen) atoms. The fourth-order valence-electron chi connectivity index (χ4n) is 2.16. The molecule has 2 N–H and O–H groups in total. The zero-order chi connectivity index (χ0) is 17.4. The minimum absolute atomic E-state index is 0. The van der Waals surface area contributed by atoms with Crippen molar-refractivity contribution in [3.8, 4) is 0 Å². The summed E-state index contributed by atoms with van der Waals surface area (Å²) in [6.07, 6.45) is 0. The highest BCUT2D eigenvalue weighted by Crippen LogP contribution is 2.24. The van der Waals surface area contributed by atoms with Gasteiger partial charge in [0.15, 0.2) is 5.96 Å². The van der Waals surface area contributed by atoms with Gasteiger partial charge in [-0.1, -0.05) is 53.5 Å². The zero-order valence-corrected chi connectivity index (χ0v) is 18.1. The van der Waals surface area contributed by atoms with E-state index in [1.807, 2.05) is 48.0 Å². The van der Waals surface area contributed by atoms with Crippen LogP contribution in [0, 0.1) is 0 Å². The maximum Gasteiger partial charge on any atom is 0.191 e. The van der Waals surface area contributed by atoms with Gasteiger partial charge in [-0.05, 0) is 11.6 Å². The summed E-state index contributed by atoms with van der Waals surface area (Å²) in [5.41, 5.74) is 2.14. The molecule has 1 heterocycles. The van der Waals surface area contributed by atoms with Gasteiger partial charge in [0, 0.05) is 26.3 Å². The number of hydrogen-bond donors (Lipinski definition) is 2. The molecular weight excluding hydrogens is 474 g/mol. The van der Waals surface area contributed by atoms with E-state index in [4.69, 9.17) is 27.9 Å². The van der Waals surface area contributed by atoms with Crippen molar-refractivity contribution in [2.75, 3.05) is 20.2 Å². The van der Waals surface area contributed by atoms with Gasteiger partial charge in [-0.3, -0.25) is 4.99 Å². The molecule has 0 fully saturated rings. The molecule has 0 unspecified atom stereocenters. The van der Waals surface area contributed by atoms with Gasteiger partial charge in [0.1, 0.15) is 5.15 Å². The van der Waals surface area contributed by atoms with Crippen LogP contribution in [-0.4, -0.2) is 30.7 Å². The van der Waals surface area contributed by atoms with E-state index < -0.39 is 0 Å². The van der Waals surface area contributed by atoms with Crippen LogP contribution >= 0.6 is 47.2 Å². The van der Waals surface area contributed by atoms with E-state index in [9.17, 15) is 0 Å². The van der Waals surface area contributed by atoms with Gasteiger partial charge in [-0.15, -0.1) is 24.0 Å². The molecule has 0 spiro atoms. The topological polar surface area (TPSA) is 50.6 Å². The van der Waals surface area contributed by atoms with E-state index in [0.717, 1.165) is 11.3 Å². The lowest BCUT2D eigenvalue weighted by Gasteiger charge is -2.12. The summed E-state index contributed by atoms with van der Waals surface area (Å²) >= 11 is 12.1. The number of aromatic nitrogens is 1. The molecule has 8 heteroatoms. The predicted molar refractivity (Wildman–Crippen MR) is 115 cm³/mol. The first-order chi connectivity index (χ1) is 11.6. The lowest BCUT2D eigenvalue weighted by Crippen LogP contribution is -2.38. The van der Waals surface area contributed by atoms with Crippen LogP contribution in [0.15, 0.2) is 41.4 Å². The number of rotatable bonds is 7. The van der Waals surface area contributed by atoms with Gasteiger partial charge < -0.3 is 19.9 Å². The third-order valence-electron chi connectivity index (χ3n) is 3.53. The van der Waals surface area contributed by atoms with Crippen molar-refractivity contribution < 1.29 is 4.74 Å².